The number of carbonyl (C=O) groups excluding carboxylic acids is 2. The van der Waals surface area contributed by atoms with Crippen LogP contribution >= 0.6 is 11.3 Å². The van der Waals surface area contributed by atoms with Crippen molar-refractivity contribution in [3.8, 4) is 0 Å². The van der Waals surface area contributed by atoms with Crippen LogP contribution in [0.1, 0.15) is 11.3 Å². The van der Waals surface area contributed by atoms with Crippen LogP contribution in [0.15, 0.2) is 34.8 Å². The van der Waals surface area contributed by atoms with E-state index in [1.807, 2.05) is 0 Å². The number of amides is 2. The molecule has 26 heavy (non-hydrogen) atoms. The monoisotopic (exact) mass is 378 g/mol. The number of hydrogen-bond donors (Lipinski definition) is 1. The Kier molecular flexibility index (Phi) is 6.16. The van der Waals surface area contributed by atoms with Crippen molar-refractivity contribution in [1.82, 2.24) is 10.7 Å². The van der Waals surface area contributed by atoms with E-state index in [4.69, 9.17) is 10.5 Å². The smallest absolute Gasteiger partial charge is 0.413 e. The summed E-state index contributed by atoms with van der Waals surface area (Å²) >= 11 is 1.01. The van der Waals surface area contributed by atoms with Crippen LogP contribution in [-0.4, -0.2) is 34.7 Å². The molecule has 1 aromatic carbocycles. The highest BCUT2D eigenvalue weighted by atomic mass is 32.1. The number of hydrogen-bond acceptors (Lipinski definition) is 9. The average molecular weight is 378 g/mol. The first-order valence-electron chi connectivity index (χ1n) is 6.90. The fourth-order valence-corrected chi connectivity index (χ4v) is 2.40. The Labute approximate surface area is 150 Å². The van der Waals surface area contributed by atoms with Gasteiger partial charge in [-0.2, -0.15) is 0 Å². The Morgan fingerprint density at radius 2 is 2.08 bits per heavy atom. The first-order chi connectivity index (χ1) is 12.4. The van der Waals surface area contributed by atoms with E-state index in [2.05, 4.69) is 20.3 Å². The predicted molar refractivity (Wildman–Crippen MR) is 90.7 cm³/mol. The molecule has 1 heterocycles. The van der Waals surface area contributed by atoms with E-state index in [0.717, 1.165) is 11.3 Å². The highest BCUT2D eigenvalue weighted by Gasteiger charge is 2.17. The summed E-state index contributed by atoms with van der Waals surface area (Å²) in [6.45, 7) is -0.0936. The maximum Gasteiger partial charge on any atom is 0.413 e. The van der Waals surface area contributed by atoms with Gasteiger partial charge in [-0.05, 0) is 17.7 Å². The summed E-state index contributed by atoms with van der Waals surface area (Å²) in [5.41, 5.74) is 7.39. The molecule has 0 saturated heterocycles. The lowest BCUT2D eigenvalue weighted by Crippen LogP contribution is -2.17. The molecule has 0 fully saturated rings. The van der Waals surface area contributed by atoms with Gasteiger partial charge < -0.3 is 9.57 Å². The molecule has 135 valence electrons. The third-order valence-corrected chi connectivity index (χ3v) is 3.63. The summed E-state index contributed by atoms with van der Waals surface area (Å²) in [7, 11) is 1.23. The molecule has 2 amide bonds. The lowest BCUT2D eigenvalue weighted by molar-refractivity contribution is -0.384. The lowest BCUT2D eigenvalue weighted by atomic mass is 10.2. The van der Waals surface area contributed by atoms with Gasteiger partial charge in [-0.25, -0.2) is 9.78 Å². The van der Waals surface area contributed by atoms with Crippen LogP contribution in [0.25, 0.3) is 0 Å². The first kappa shape index (κ1) is 18.8. The zero-order chi connectivity index (χ0) is 19.1. The summed E-state index contributed by atoms with van der Waals surface area (Å²) in [4.78, 5) is 41.4. The third kappa shape index (κ3) is 4.98. The largest absolute Gasteiger partial charge is 0.444 e. The highest BCUT2D eigenvalue weighted by molar-refractivity contribution is 7.14. The zero-order valence-corrected chi connectivity index (χ0v) is 14.1. The second-order valence-corrected chi connectivity index (χ2v) is 5.47. The molecule has 1 radical (unpaired) electrons. The van der Waals surface area contributed by atoms with Gasteiger partial charge in [0.15, 0.2) is 10.8 Å². The number of nitro benzene ring substituents is 1. The summed E-state index contributed by atoms with van der Waals surface area (Å²) in [5, 5.41) is 17.9. The van der Waals surface area contributed by atoms with E-state index >= 15 is 0 Å². The van der Waals surface area contributed by atoms with E-state index in [1.165, 1.54) is 36.8 Å². The van der Waals surface area contributed by atoms with Gasteiger partial charge in [-0.3, -0.25) is 26.0 Å². The highest BCUT2D eigenvalue weighted by Crippen LogP contribution is 2.17. The Balaban J connectivity index is 1.93. The number of nitrogens with zero attached hydrogens (tertiary/aromatic N) is 3. The van der Waals surface area contributed by atoms with Crippen molar-refractivity contribution in [3.63, 3.8) is 0 Å². The SMILES string of the molecule is CON=C(C([NH])=O)c1csc(NC(=O)OCc2ccc([N+](=O)[O-])cc2)n1. The molecule has 2 rings (SSSR count). The Hall–Kier alpha value is -3.54. The van der Waals surface area contributed by atoms with Gasteiger partial charge in [-0.1, -0.05) is 5.16 Å². The minimum Gasteiger partial charge on any atom is -0.444 e. The Morgan fingerprint density at radius 1 is 1.38 bits per heavy atom. The first-order valence-corrected chi connectivity index (χ1v) is 7.78. The van der Waals surface area contributed by atoms with Crippen LogP contribution in [0.5, 0.6) is 0 Å². The van der Waals surface area contributed by atoms with Crippen molar-refractivity contribution in [1.29, 1.82) is 0 Å². The number of aromatic nitrogens is 1. The number of non-ortho nitro benzene ring substituents is 1. The molecule has 0 atom stereocenters. The van der Waals surface area contributed by atoms with Gasteiger partial charge >= 0.3 is 6.09 Å². The molecule has 2 aromatic rings. The fourth-order valence-electron chi connectivity index (χ4n) is 1.72. The van der Waals surface area contributed by atoms with Crippen molar-refractivity contribution in [2.45, 2.75) is 6.61 Å². The zero-order valence-electron chi connectivity index (χ0n) is 13.3. The lowest BCUT2D eigenvalue weighted by Gasteiger charge is -2.04. The normalized spacial score (nSPS) is 10.9. The van der Waals surface area contributed by atoms with Gasteiger partial charge in [0.2, 0.25) is 0 Å². The summed E-state index contributed by atoms with van der Waals surface area (Å²) < 4.78 is 4.98. The van der Waals surface area contributed by atoms with Crippen LogP contribution in [0.3, 0.4) is 0 Å². The maximum absolute atomic E-state index is 11.8. The second kappa shape index (κ2) is 8.53. The Bertz CT molecular complexity index is 848. The second-order valence-electron chi connectivity index (χ2n) is 4.61. The molecule has 0 aliphatic carbocycles. The van der Waals surface area contributed by atoms with Crippen LogP contribution in [0.2, 0.25) is 0 Å². The van der Waals surface area contributed by atoms with E-state index < -0.39 is 16.9 Å². The van der Waals surface area contributed by atoms with E-state index in [0.29, 0.717) is 5.56 Å². The summed E-state index contributed by atoms with van der Waals surface area (Å²) in [6, 6.07) is 5.55. The van der Waals surface area contributed by atoms with Crippen LogP contribution in [0.4, 0.5) is 15.6 Å². The average Bonchev–Trinajstić information content (AvgIpc) is 3.05. The van der Waals surface area contributed by atoms with E-state index in [9.17, 15) is 19.7 Å². The number of rotatable bonds is 7. The molecule has 0 spiro atoms. The summed E-state index contributed by atoms with van der Waals surface area (Å²) in [6.07, 6.45) is -0.799. The molecule has 0 aliphatic heterocycles. The minimum atomic E-state index is -1.08. The molecule has 0 aliphatic rings. The molecule has 11 nitrogen and oxygen atoms in total. The third-order valence-electron chi connectivity index (χ3n) is 2.87. The predicted octanol–water partition coefficient (Wildman–Crippen LogP) is 1.96. The van der Waals surface area contributed by atoms with Crippen molar-refractivity contribution in [2.75, 3.05) is 12.4 Å². The van der Waals surface area contributed by atoms with Crippen molar-refractivity contribution in [3.05, 3.63) is 51.0 Å². The summed E-state index contributed by atoms with van der Waals surface area (Å²) in [5.74, 6) is -1.08. The van der Waals surface area contributed by atoms with Gasteiger partial charge in [0.25, 0.3) is 11.6 Å². The Morgan fingerprint density at radius 3 is 2.65 bits per heavy atom. The van der Waals surface area contributed by atoms with Crippen molar-refractivity contribution in [2.24, 2.45) is 5.16 Å². The quantitative estimate of drug-likeness (QED) is 0.438. The number of anilines is 1. The van der Waals surface area contributed by atoms with Gasteiger partial charge in [-0.15, -0.1) is 11.3 Å². The fraction of sp³-hybridized carbons (Fsp3) is 0.143. The van der Waals surface area contributed by atoms with E-state index in [-0.39, 0.29) is 28.8 Å². The number of thiazole rings is 1. The number of benzene rings is 1. The number of nitrogens with one attached hydrogen (secondary N) is 2. The molecule has 1 aromatic heterocycles. The van der Waals surface area contributed by atoms with Crippen LogP contribution in [-0.2, 0) is 21.0 Å². The topological polar surface area (TPSA) is 157 Å². The molecular weight excluding hydrogens is 366 g/mol. The van der Waals surface area contributed by atoms with Gasteiger partial charge in [0, 0.05) is 17.5 Å². The van der Waals surface area contributed by atoms with Crippen molar-refractivity contribution < 1.29 is 24.1 Å². The van der Waals surface area contributed by atoms with Crippen LogP contribution in [0, 0.1) is 10.1 Å². The molecule has 0 bridgehead atoms. The standard InChI is InChI=1S/C14H12N5O6S/c1-24-18-11(12(15)20)10-7-26-13(16-10)17-14(21)25-6-8-2-4-9(5-3-8)19(22)23/h2-5,7,15H,6H2,1H3,(H,16,17,21). The molecule has 0 saturated carbocycles. The van der Waals surface area contributed by atoms with Crippen molar-refractivity contribution >= 4 is 39.9 Å². The number of nitro groups is 1. The molecule has 2 N–H and O–H groups in total. The maximum atomic E-state index is 11.8. The molecule has 12 heteroatoms. The van der Waals surface area contributed by atoms with Gasteiger partial charge in [0.05, 0.1) is 4.92 Å². The number of ether oxygens (including phenoxy) is 1. The van der Waals surface area contributed by atoms with Gasteiger partial charge in [0.1, 0.15) is 19.4 Å². The van der Waals surface area contributed by atoms with E-state index in [1.54, 1.807) is 0 Å². The molecule has 0 unspecified atom stereocenters. The van der Waals surface area contributed by atoms with Crippen LogP contribution < -0.4 is 11.1 Å². The number of carbonyl (C=O) groups is 2. The number of oxime groups is 1. The minimum absolute atomic E-state index is 0.0639. The molecular formula is C14H12N5O6S.